The Morgan fingerprint density at radius 1 is 1.12 bits per heavy atom. The van der Waals surface area contributed by atoms with E-state index in [1.54, 1.807) is 13.0 Å². The highest BCUT2D eigenvalue weighted by molar-refractivity contribution is 8.00. The molecule has 2 aliphatic rings. The monoisotopic (exact) mass is 457 g/mol. The molecule has 0 radical (unpaired) electrons. The first-order valence-corrected chi connectivity index (χ1v) is 11.5. The van der Waals surface area contributed by atoms with E-state index < -0.39 is 5.25 Å². The molecule has 1 unspecified atom stereocenters. The molecule has 0 spiro atoms. The van der Waals surface area contributed by atoms with E-state index in [9.17, 15) is 9.59 Å². The summed E-state index contributed by atoms with van der Waals surface area (Å²) in [4.78, 5) is 25.8. The van der Waals surface area contributed by atoms with Crippen LogP contribution in [0.4, 0.5) is 0 Å². The summed E-state index contributed by atoms with van der Waals surface area (Å²) in [7, 11) is 1.36. The van der Waals surface area contributed by atoms with Crippen molar-refractivity contribution in [1.29, 1.82) is 0 Å². The summed E-state index contributed by atoms with van der Waals surface area (Å²) >= 11 is 1.32. The second-order valence-corrected chi connectivity index (χ2v) is 9.31. The Labute approximate surface area is 191 Å². The Kier molecular flexibility index (Phi) is 6.91. The maximum Gasteiger partial charge on any atom is 0.318 e. The van der Waals surface area contributed by atoms with Crippen LogP contribution in [0.25, 0.3) is 0 Å². The minimum atomic E-state index is -0.413. The lowest BCUT2D eigenvalue weighted by Crippen LogP contribution is -2.44. The number of hydrogen-bond acceptors (Lipinski definition) is 7. The van der Waals surface area contributed by atoms with E-state index in [4.69, 9.17) is 18.9 Å². The lowest BCUT2D eigenvalue weighted by Gasteiger charge is -2.38. The van der Waals surface area contributed by atoms with Crippen LogP contribution in [-0.2, 0) is 19.7 Å². The summed E-state index contributed by atoms with van der Waals surface area (Å²) in [5.74, 6) is 0.981. The normalized spacial score (nSPS) is 17.4. The van der Waals surface area contributed by atoms with Crippen molar-refractivity contribution < 1.29 is 28.5 Å². The van der Waals surface area contributed by atoms with Gasteiger partial charge < -0.3 is 24.3 Å². The molecule has 0 aromatic heterocycles. The molecule has 2 aromatic rings. The Morgan fingerprint density at radius 2 is 1.88 bits per heavy atom. The number of thioether (sulfide) groups is 1. The Morgan fingerprint density at radius 3 is 2.66 bits per heavy atom. The van der Waals surface area contributed by atoms with Gasteiger partial charge in [0.1, 0.15) is 5.25 Å². The fourth-order valence-corrected chi connectivity index (χ4v) is 5.08. The number of methoxy groups -OCH3 is 1. The van der Waals surface area contributed by atoms with Crippen LogP contribution in [0, 0.1) is 0 Å². The fourth-order valence-electron chi connectivity index (χ4n) is 4.06. The number of carbonyl (C=O) groups excluding carboxylic acids is 2. The van der Waals surface area contributed by atoms with Crippen LogP contribution in [-0.4, -0.2) is 50.8 Å². The zero-order valence-corrected chi connectivity index (χ0v) is 19.0. The third kappa shape index (κ3) is 4.71. The van der Waals surface area contributed by atoms with Crippen molar-refractivity contribution in [3.63, 3.8) is 0 Å². The maximum atomic E-state index is 13.2. The van der Waals surface area contributed by atoms with Crippen molar-refractivity contribution in [1.82, 2.24) is 5.32 Å². The minimum absolute atomic E-state index is 0.170. The van der Waals surface area contributed by atoms with Gasteiger partial charge in [0.2, 0.25) is 6.79 Å². The van der Waals surface area contributed by atoms with Crippen molar-refractivity contribution in [2.45, 2.75) is 35.3 Å². The number of nitrogens with one attached hydrogen (secondary N) is 1. The molecule has 4 rings (SSSR count). The zero-order chi connectivity index (χ0) is 22.6. The van der Waals surface area contributed by atoms with E-state index in [-0.39, 0.29) is 24.1 Å². The van der Waals surface area contributed by atoms with E-state index in [1.165, 1.54) is 18.9 Å². The zero-order valence-electron chi connectivity index (χ0n) is 18.2. The number of amides is 1. The van der Waals surface area contributed by atoms with Crippen LogP contribution in [0.1, 0.15) is 35.7 Å². The van der Waals surface area contributed by atoms with E-state index in [0.29, 0.717) is 25.3 Å². The van der Waals surface area contributed by atoms with Gasteiger partial charge in [0.15, 0.2) is 11.5 Å². The van der Waals surface area contributed by atoms with Gasteiger partial charge in [0.25, 0.3) is 5.91 Å². The average Bonchev–Trinajstić information content (AvgIpc) is 3.31. The summed E-state index contributed by atoms with van der Waals surface area (Å²) in [6, 6.07) is 13.3. The molecule has 7 nitrogen and oxygen atoms in total. The first-order chi connectivity index (χ1) is 15.5. The van der Waals surface area contributed by atoms with Crippen LogP contribution in [0.2, 0.25) is 0 Å². The number of rotatable bonds is 7. The highest BCUT2D eigenvalue weighted by Crippen LogP contribution is 2.40. The number of carbonyl (C=O) groups is 2. The molecule has 2 heterocycles. The fraction of sp³-hybridized carbons (Fsp3) is 0.417. The van der Waals surface area contributed by atoms with Gasteiger partial charge in [0.05, 0.1) is 12.7 Å². The summed E-state index contributed by atoms with van der Waals surface area (Å²) in [5, 5.41) is 2.72. The maximum absolute atomic E-state index is 13.2. The molecule has 1 N–H and O–H groups in total. The van der Waals surface area contributed by atoms with E-state index in [1.807, 2.05) is 36.4 Å². The third-order valence-electron chi connectivity index (χ3n) is 5.99. The molecule has 2 aromatic carbocycles. The smallest absolute Gasteiger partial charge is 0.318 e. The lowest BCUT2D eigenvalue weighted by atomic mass is 9.74. The van der Waals surface area contributed by atoms with Crippen molar-refractivity contribution >= 4 is 23.6 Å². The van der Waals surface area contributed by atoms with Gasteiger partial charge in [-0.1, -0.05) is 18.2 Å². The second kappa shape index (κ2) is 9.83. The third-order valence-corrected chi connectivity index (χ3v) is 7.15. The van der Waals surface area contributed by atoms with E-state index in [2.05, 4.69) is 5.32 Å². The van der Waals surface area contributed by atoms with E-state index in [0.717, 1.165) is 34.8 Å². The largest absolute Gasteiger partial charge is 0.468 e. The average molecular weight is 458 g/mol. The van der Waals surface area contributed by atoms with Crippen LogP contribution in [0.15, 0.2) is 47.4 Å². The van der Waals surface area contributed by atoms with E-state index >= 15 is 0 Å². The molecule has 2 aliphatic heterocycles. The van der Waals surface area contributed by atoms with Crippen LogP contribution in [0.3, 0.4) is 0 Å². The first-order valence-electron chi connectivity index (χ1n) is 10.6. The molecule has 1 fully saturated rings. The van der Waals surface area contributed by atoms with Gasteiger partial charge in [-0.2, -0.15) is 0 Å². The molecule has 8 heteroatoms. The number of hydrogen-bond donors (Lipinski definition) is 1. The quantitative estimate of drug-likeness (QED) is 0.503. The molecule has 1 amide bonds. The molecule has 32 heavy (non-hydrogen) atoms. The molecular weight excluding hydrogens is 430 g/mol. The second-order valence-electron chi connectivity index (χ2n) is 7.92. The SMILES string of the molecule is COC(=O)C(C)Sc1ccccc1C(=O)NCC1(c2ccc3c(c2)OCO3)CCOCC1. The molecule has 170 valence electrons. The topological polar surface area (TPSA) is 83.1 Å². The van der Waals surface area contributed by atoms with Gasteiger partial charge >= 0.3 is 5.97 Å². The van der Waals surface area contributed by atoms with Crippen molar-refractivity contribution in [2.24, 2.45) is 0 Å². The van der Waals surface area contributed by atoms with Crippen molar-refractivity contribution in [2.75, 3.05) is 33.7 Å². The van der Waals surface area contributed by atoms with Crippen LogP contribution in [0.5, 0.6) is 11.5 Å². The summed E-state index contributed by atoms with van der Waals surface area (Å²) in [6.45, 7) is 3.73. The van der Waals surface area contributed by atoms with Gasteiger partial charge in [-0.25, -0.2) is 0 Å². The predicted octanol–water partition coefficient (Wildman–Crippen LogP) is 3.55. The number of ether oxygens (including phenoxy) is 4. The molecule has 0 saturated carbocycles. The number of esters is 1. The minimum Gasteiger partial charge on any atom is -0.468 e. The molecule has 1 atom stereocenters. The van der Waals surface area contributed by atoms with Gasteiger partial charge in [-0.3, -0.25) is 9.59 Å². The molecular formula is C24H27NO6S. The standard InChI is InChI=1S/C24H27NO6S/c1-16(23(27)28-2)32-21-6-4-3-5-18(21)22(26)25-14-24(9-11-29-12-10-24)17-7-8-19-20(13-17)31-15-30-19/h3-8,13,16H,9-12,14-15H2,1-2H3,(H,25,26). The number of benzene rings is 2. The van der Waals surface area contributed by atoms with Gasteiger partial charge in [-0.05, 0) is 49.6 Å². The Balaban J connectivity index is 1.52. The van der Waals surface area contributed by atoms with Gasteiger partial charge in [-0.15, -0.1) is 11.8 Å². The lowest BCUT2D eigenvalue weighted by molar-refractivity contribution is -0.139. The summed E-state index contributed by atoms with van der Waals surface area (Å²) in [6.07, 6.45) is 1.59. The highest BCUT2D eigenvalue weighted by atomic mass is 32.2. The number of fused-ring (bicyclic) bond motifs is 1. The summed E-state index contributed by atoms with van der Waals surface area (Å²) in [5.41, 5.74) is 1.39. The molecule has 1 saturated heterocycles. The van der Waals surface area contributed by atoms with Crippen molar-refractivity contribution in [3.8, 4) is 11.5 Å². The van der Waals surface area contributed by atoms with Crippen LogP contribution < -0.4 is 14.8 Å². The Bertz CT molecular complexity index is 988. The molecule has 0 aliphatic carbocycles. The Hall–Kier alpha value is -2.71. The highest BCUT2D eigenvalue weighted by Gasteiger charge is 2.36. The van der Waals surface area contributed by atoms with Crippen LogP contribution >= 0.6 is 11.8 Å². The summed E-state index contributed by atoms with van der Waals surface area (Å²) < 4.78 is 21.4. The molecule has 0 bridgehead atoms. The van der Waals surface area contributed by atoms with Gasteiger partial charge in [0, 0.05) is 30.1 Å². The first kappa shape index (κ1) is 22.5. The predicted molar refractivity (Wildman–Crippen MR) is 120 cm³/mol. The van der Waals surface area contributed by atoms with Crippen molar-refractivity contribution in [3.05, 3.63) is 53.6 Å².